The van der Waals surface area contributed by atoms with E-state index in [0.717, 1.165) is 5.56 Å². The molecule has 0 spiro atoms. The first-order valence-corrected chi connectivity index (χ1v) is 6.27. The number of hydrogen-bond acceptors (Lipinski definition) is 3. The predicted molar refractivity (Wildman–Crippen MR) is 75.7 cm³/mol. The molecular weight excluding hydrogens is 280 g/mol. The van der Waals surface area contributed by atoms with Gasteiger partial charge in [-0.15, -0.1) is 0 Å². The molecule has 0 aliphatic carbocycles. The molecule has 0 aliphatic heterocycles. The molecule has 2 rings (SSSR count). The highest BCUT2D eigenvalue weighted by atomic mass is 35.5. The minimum Gasteiger partial charge on any atom is -0.491 e. The smallest absolute Gasteiger partial charge is 0.335 e. The Hall–Kier alpha value is -2.20. The largest absolute Gasteiger partial charge is 0.491 e. The summed E-state index contributed by atoms with van der Waals surface area (Å²) < 4.78 is 10.8. The van der Waals surface area contributed by atoms with Gasteiger partial charge in [-0.3, -0.25) is 0 Å². The molecule has 0 saturated heterocycles. The van der Waals surface area contributed by atoms with Crippen molar-refractivity contribution in [3.8, 4) is 11.5 Å². The highest BCUT2D eigenvalue weighted by Crippen LogP contribution is 2.36. The van der Waals surface area contributed by atoms with Crippen molar-refractivity contribution in [3.63, 3.8) is 0 Å². The van der Waals surface area contributed by atoms with E-state index in [1.807, 2.05) is 30.3 Å². The van der Waals surface area contributed by atoms with Crippen LogP contribution in [0.5, 0.6) is 11.5 Å². The van der Waals surface area contributed by atoms with Crippen LogP contribution in [-0.2, 0) is 6.61 Å². The maximum Gasteiger partial charge on any atom is 0.335 e. The van der Waals surface area contributed by atoms with Crippen LogP contribution < -0.4 is 9.47 Å². The Labute approximate surface area is 121 Å². The van der Waals surface area contributed by atoms with Crippen LogP contribution in [0.15, 0.2) is 42.5 Å². The molecule has 0 atom stereocenters. The van der Waals surface area contributed by atoms with Gasteiger partial charge in [0.15, 0.2) is 11.5 Å². The third-order valence-electron chi connectivity index (χ3n) is 2.70. The summed E-state index contributed by atoms with van der Waals surface area (Å²) in [7, 11) is 1.46. The number of ether oxygens (including phenoxy) is 2. The minimum absolute atomic E-state index is 0.0545. The summed E-state index contributed by atoms with van der Waals surface area (Å²) in [5.74, 6) is -0.437. The van der Waals surface area contributed by atoms with Gasteiger partial charge >= 0.3 is 5.97 Å². The summed E-state index contributed by atoms with van der Waals surface area (Å²) in [6, 6.07) is 12.3. The van der Waals surface area contributed by atoms with E-state index in [1.54, 1.807) is 0 Å². The van der Waals surface area contributed by atoms with Gasteiger partial charge in [0.2, 0.25) is 0 Å². The fraction of sp³-hybridized carbons (Fsp3) is 0.133. The van der Waals surface area contributed by atoms with Crippen LogP contribution in [0.4, 0.5) is 0 Å². The van der Waals surface area contributed by atoms with Crippen LogP contribution in [0.1, 0.15) is 15.9 Å². The molecule has 0 heterocycles. The summed E-state index contributed by atoms with van der Waals surface area (Å²) >= 11 is 5.99. The monoisotopic (exact) mass is 292 g/mol. The molecule has 20 heavy (non-hydrogen) atoms. The number of rotatable bonds is 5. The zero-order chi connectivity index (χ0) is 14.5. The summed E-state index contributed by atoms with van der Waals surface area (Å²) in [5, 5.41) is 9.23. The molecule has 2 aromatic rings. The second-order valence-electron chi connectivity index (χ2n) is 4.07. The zero-order valence-electron chi connectivity index (χ0n) is 10.8. The molecule has 2 aromatic carbocycles. The summed E-state index contributed by atoms with van der Waals surface area (Å²) in [6.07, 6.45) is 0. The van der Waals surface area contributed by atoms with Crippen molar-refractivity contribution in [2.24, 2.45) is 0 Å². The highest BCUT2D eigenvalue weighted by molar-refractivity contribution is 6.32. The standard InChI is InChI=1S/C15H13ClO4/c1-19-14-12(16)7-11(15(17)18)8-13(14)20-9-10-5-3-2-4-6-10/h2-8H,9H2,1H3,(H,17,18). The Morgan fingerprint density at radius 2 is 1.95 bits per heavy atom. The van der Waals surface area contributed by atoms with Gasteiger partial charge in [-0.25, -0.2) is 4.79 Å². The third kappa shape index (κ3) is 3.22. The van der Waals surface area contributed by atoms with Gasteiger partial charge in [0.1, 0.15) is 6.61 Å². The van der Waals surface area contributed by atoms with Crippen molar-refractivity contribution >= 4 is 17.6 Å². The number of carboxylic acids is 1. The molecule has 0 unspecified atom stereocenters. The molecular formula is C15H13ClO4. The topological polar surface area (TPSA) is 55.8 Å². The number of benzene rings is 2. The van der Waals surface area contributed by atoms with E-state index in [9.17, 15) is 4.79 Å². The van der Waals surface area contributed by atoms with E-state index in [4.69, 9.17) is 26.2 Å². The normalized spacial score (nSPS) is 10.1. The minimum atomic E-state index is -1.07. The molecule has 0 saturated carbocycles. The molecule has 5 heteroatoms. The van der Waals surface area contributed by atoms with Crippen LogP contribution >= 0.6 is 11.6 Å². The Balaban J connectivity index is 2.27. The average Bonchev–Trinajstić information content (AvgIpc) is 2.45. The SMILES string of the molecule is COc1c(Cl)cc(C(=O)O)cc1OCc1ccccc1. The molecule has 0 amide bonds. The van der Waals surface area contributed by atoms with E-state index in [2.05, 4.69) is 0 Å². The van der Waals surface area contributed by atoms with E-state index >= 15 is 0 Å². The lowest BCUT2D eigenvalue weighted by atomic mass is 10.2. The van der Waals surface area contributed by atoms with Gasteiger partial charge in [0, 0.05) is 0 Å². The van der Waals surface area contributed by atoms with Crippen molar-refractivity contribution in [1.29, 1.82) is 0 Å². The van der Waals surface area contributed by atoms with Crippen molar-refractivity contribution in [3.05, 3.63) is 58.6 Å². The maximum atomic E-state index is 11.0. The molecule has 0 fully saturated rings. The second-order valence-corrected chi connectivity index (χ2v) is 4.48. The van der Waals surface area contributed by atoms with Crippen molar-refractivity contribution < 1.29 is 19.4 Å². The van der Waals surface area contributed by atoms with Crippen molar-refractivity contribution in [1.82, 2.24) is 0 Å². The van der Waals surface area contributed by atoms with Gasteiger partial charge in [0.25, 0.3) is 0 Å². The first kappa shape index (κ1) is 14.2. The first-order valence-electron chi connectivity index (χ1n) is 5.89. The van der Waals surface area contributed by atoms with Crippen LogP contribution in [0.3, 0.4) is 0 Å². The molecule has 104 valence electrons. The number of methoxy groups -OCH3 is 1. The van der Waals surface area contributed by atoms with Crippen molar-refractivity contribution in [2.45, 2.75) is 6.61 Å². The molecule has 1 N–H and O–H groups in total. The lowest BCUT2D eigenvalue weighted by Gasteiger charge is -2.13. The van der Waals surface area contributed by atoms with Crippen LogP contribution in [0.25, 0.3) is 0 Å². The number of carbonyl (C=O) groups is 1. The lowest BCUT2D eigenvalue weighted by Crippen LogP contribution is -2.02. The fourth-order valence-electron chi connectivity index (χ4n) is 1.73. The fourth-order valence-corrected chi connectivity index (χ4v) is 2.02. The molecule has 0 bridgehead atoms. The number of aromatic carboxylic acids is 1. The number of hydrogen-bond donors (Lipinski definition) is 1. The lowest BCUT2D eigenvalue weighted by molar-refractivity contribution is 0.0696. The van der Waals surface area contributed by atoms with Crippen LogP contribution in [0.2, 0.25) is 5.02 Å². The Bertz CT molecular complexity index is 611. The van der Waals surface area contributed by atoms with Gasteiger partial charge < -0.3 is 14.6 Å². The van der Waals surface area contributed by atoms with Gasteiger partial charge in [-0.05, 0) is 17.7 Å². The predicted octanol–water partition coefficient (Wildman–Crippen LogP) is 3.63. The Morgan fingerprint density at radius 3 is 2.55 bits per heavy atom. The van der Waals surface area contributed by atoms with Gasteiger partial charge in [0.05, 0.1) is 17.7 Å². The molecule has 4 nitrogen and oxygen atoms in total. The van der Waals surface area contributed by atoms with E-state index in [0.29, 0.717) is 18.1 Å². The molecule has 0 aliphatic rings. The summed E-state index contributed by atoms with van der Waals surface area (Å²) in [6.45, 7) is 0.302. The van der Waals surface area contributed by atoms with Gasteiger partial charge in [-0.2, -0.15) is 0 Å². The molecule has 0 aromatic heterocycles. The van der Waals surface area contributed by atoms with Gasteiger partial charge in [-0.1, -0.05) is 41.9 Å². The zero-order valence-corrected chi connectivity index (χ0v) is 11.6. The van der Waals surface area contributed by atoms with E-state index in [-0.39, 0.29) is 10.6 Å². The quantitative estimate of drug-likeness (QED) is 0.914. The maximum absolute atomic E-state index is 11.0. The first-order chi connectivity index (χ1) is 9.61. The number of halogens is 1. The van der Waals surface area contributed by atoms with E-state index in [1.165, 1.54) is 19.2 Å². The summed E-state index contributed by atoms with van der Waals surface area (Å²) in [5.41, 5.74) is 1.02. The highest BCUT2D eigenvalue weighted by Gasteiger charge is 2.15. The molecule has 0 radical (unpaired) electrons. The summed E-state index contributed by atoms with van der Waals surface area (Å²) in [4.78, 5) is 11.0. The van der Waals surface area contributed by atoms with Crippen molar-refractivity contribution in [2.75, 3.05) is 7.11 Å². The number of carboxylic acid groups (broad SMARTS) is 1. The Morgan fingerprint density at radius 1 is 1.25 bits per heavy atom. The van der Waals surface area contributed by atoms with Crippen LogP contribution in [0, 0.1) is 0 Å². The third-order valence-corrected chi connectivity index (χ3v) is 2.98. The second kappa shape index (κ2) is 6.30. The van der Waals surface area contributed by atoms with E-state index < -0.39 is 5.97 Å². The Kier molecular flexibility index (Phi) is 4.48. The average molecular weight is 293 g/mol. The van der Waals surface area contributed by atoms with Crippen LogP contribution in [-0.4, -0.2) is 18.2 Å².